The summed E-state index contributed by atoms with van der Waals surface area (Å²) in [5.74, 6) is 0.842. The highest BCUT2D eigenvalue weighted by Gasteiger charge is 2.16. The Morgan fingerprint density at radius 3 is 2.22 bits per heavy atom. The number of rotatable bonds is 10. The molecule has 164 valence electrons. The van der Waals surface area contributed by atoms with Gasteiger partial charge in [0.15, 0.2) is 0 Å². The number of aromatic nitrogens is 2. The van der Waals surface area contributed by atoms with E-state index in [4.69, 9.17) is 4.98 Å². The SMILES string of the molecule is CCCCn1c(CN(Cc2ccccc2)Cc2ccccc2F)cnc1-c1ccccc1. The van der Waals surface area contributed by atoms with Crippen LogP contribution in [0.5, 0.6) is 0 Å². The first-order valence-corrected chi connectivity index (χ1v) is 11.3. The number of halogens is 1. The molecular formula is C28H30FN3. The van der Waals surface area contributed by atoms with Crippen molar-refractivity contribution in [2.24, 2.45) is 0 Å². The topological polar surface area (TPSA) is 21.1 Å². The van der Waals surface area contributed by atoms with Gasteiger partial charge in [-0.15, -0.1) is 0 Å². The highest BCUT2D eigenvalue weighted by molar-refractivity contribution is 5.55. The largest absolute Gasteiger partial charge is 0.327 e. The summed E-state index contributed by atoms with van der Waals surface area (Å²) in [7, 11) is 0. The summed E-state index contributed by atoms with van der Waals surface area (Å²) in [6.07, 6.45) is 4.20. The number of hydrogen-bond donors (Lipinski definition) is 0. The van der Waals surface area contributed by atoms with Crippen LogP contribution in [0, 0.1) is 5.82 Å². The molecule has 0 aliphatic heterocycles. The Balaban J connectivity index is 1.64. The molecule has 4 aromatic rings. The molecule has 1 aromatic heterocycles. The minimum atomic E-state index is -0.157. The van der Waals surface area contributed by atoms with Crippen molar-refractivity contribution in [1.29, 1.82) is 0 Å². The summed E-state index contributed by atoms with van der Waals surface area (Å²) < 4.78 is 16.8. The average molecular weight is 428 g/mol. The van der Waals surface area contributed by atoms with Crippen LogP contribution >= 0.6 is 0 Å². The lowest BCUT2D eigenvalue weighted by molar-refractivity contribution is 0.237. The van der Waals surface area contributed by atoms with Crippen LogP contribution in [0.4, 0.5) is 4.39 Å². The maximum atomic E-state index is 14.5. The molecule has 0 radical (unpaired) electrons. The van der Waals surface area contributed by atoms with Crippen LogP contribution in [0.2, 0.25) is 0 Å². The van der Waals surface area contributed by atoms with E-state index < -0.39 is 0 Å². The Hall–Kier alpha value is -3.24. The molecule has 0 N–H and O–H groups in total. The van der Waals surface area contributed by atoms with Gasteiger partial charge in [-0.1, -0.05) is 92.2 Å². The molecule has 0 spiro atoms. The van der Waals surface area contributed by atoms with Gasteiger partial charge in [0.1, 0.15) is 11.6 Å². The summed E-state index contributed by atoms with van der Waals surface area (Å²) in [5.41, 5.74) is 4.21. The molecule has 4 heteroatoms. The smallest absolute Gasteiger partial charge is 0.140 e. The molecule has 0 fully saturated rings. The first kappa shape index (κ1) is 22.0. The summed E-state index contributed by atoms with van der Waals surface area (Å²) in [6, 6.07) is 27.8. The maximum absolute atomic E-state index is 14.5. The van der Waals surface area contributed by atoms with E-state index in [0.29, 0.717) is 18.7 Å². The van der Waals surface area contributed by atoms with Crippen LogP contribution in [0.15, 0.2) is 91.1 Å². The summed E-state index contributed by atoms with van der Waals surface area (Å²) in [6.45, 7) is 5.12. The predicted octanol–water partition coefficient (Wildman–Crippen LogP) is 6.69. The fraction of sp³-hybridized carbons (Fsp3) is 0.250. The van der Waals surface area contributed by atoms with Gasteiger partial charge in [0.2, 0.25) is 0 Å². The first-order chi connectivity index (χ1) is 15.7. The van der Waals surface area contributed by atoms with Crippen LogP contribution < -0.4 is 0 Å². The Bertz CT molecular complexity index is 1110. The quantitative estimate of drug-likeness (QED) is 0.281. The van der Waals surface area contributed by atoms with Gasteiger partial charge in [-0.2, -0.15) is 0 Å². The van der Waals surface area contributed by atoms with E-state index in [1.165, 1.54) is 11.6 Å². The fourth-order valence-corrected chi connectivity index (χ4v) is 4.03. The van der Waals surface area contributed by atoms with Gasteiger partial charge in [0.25, 0.3) is 0 Å². The lowest BCUT2D eigenvalue weighted by Gasteiger charge is -2.24. The number of benzene rings is 3. The number of nitrogens with zero attached hydrogens (tertiary/aromatic N) is 3. The van der Waals surface area contributed by atoms with Gasteiger partial charge >= 0.3 is 0 Å². The second-order valence-corrected chi connectivity index (χ2v) is 8.17. The molecule has 0 amide bonds. The van der Waals surface area contributed by atoms with Gasteiger partial charge in [-0.05, 0) is 18.1 Å². The second-order valence-electron chi connectivity index (χ2n) is 8.17. The van der Waals surface area contributed by atoms with E-state index in [9.17, 15) is 4.39 Å². The Kier molecular flexibility index (Phi) is 7.47. The van der Waals surface area contributed by atoms with Crippen molar-refractivity contribution < 1.29 is 4.39 Å². The van der Waals surface area contributed by atoms with Crippen molar-refractivity contribution >= 4 is 0 Å². The number of imidazole rings is 1. The predicted molar refractivity (Wildman–Crippen MR) is 128 cm³/mol. The average Bonchev–Trinajstić information content (AvgIpc) is 3.22. The lowest BCUT2D eigenvalue weighted by atomic mass is 10.1. The minimum Gasteiger partial charge on any atom is -0.327 e. The van der Waals surface area contributed by atoms with Crippen LogP contribution in [0.1, 0.15) is 36.6 Å². The van der Waals surface area contributed by atoms with Crippen molar-refractivity contribution in [1.82, 2.24) is 14.5 Å². The number of hydrogen-bond acceptors (Lipinski definition) is 2. The van der Waals surface area contributed by atoms with Crippen LogP contribution in [-0.4, -0.2) is 14.5 Å². The monoisotopic (exact) mass is 427 g/mol. The minimum absolute atomic E-state index is 0.157. The molecule has 4 rings (SSSR count). The van der Waals surface area contributed by atoms with Gasteiger partial charge in [0, 0.05) is 37.3 Å². The molecular weight excluding hydrogens is 397 g/mol. The van der Waals surface area contributed by atoms with Gasteiger partial charge in [0.05, 0.1) is 11.9 Å². The van der Waals surface area contributed by atoms with E-state index >= 15 is 0 Å². The molecule has 0 bridgehead atoms. The van der Waals surface area contributed by atoms with E-state index in [2.05, 4.69) is 52.8 Å². The fourth-order valence-electron chi connectivity index (χ4n) is 4.03. The zero-order valence-electron chi connectivity index (χ0n) is 18.6. The molecule has 3 nitrogen and oxygen atoms in total. The van der Waals surface area contributed by atoms with E-state index in [0.717, 1.165) is 43.0 Å². The summed E-state index contributed by atoms with van der Waals surface area (Å²) in [5, 5.41) is 0. The van der Waals surface area contributed by atoms with E-state index in [1.54, 1.807) is 6.07 Å². The summed E-state index contributed by atoms with van der Waals surface area (Å²) >= 11 is 0. The van der Waals surface area contributed by atoms with Crippen LogP contribution in [-0.2, 0) is 26.2 Å². The normalized spacial score (nSPS) is 11.2. The van der Waals surface area contributed by atoms with Gasteiger partial charge < -0.3 is 4.57 Å². The highest BCUT2D eigenvalue weighted by atomic mass is 19.1. The number of unbranched alkanes of at least 4 members (excludes halogenated alkanes) is 1. The highest BCUT2D eigenvalue weighted by Crippen LogP contribution is 2.23. The molecule has 0 saturated heterocycles. The van der Waals surface area contributed by atoms with E-state index in [1.807, 2.05) is 42.6 Å². The molecule has 32 heavy (non-hydrogen) atoms. The maximum Gasteiger partial charge on any atom is 0.140 e. The van der Waals surface area contributed by atoms with Gasteiger partial charge in [-0.3, -0.25) is 4.90 Å². The zero-order chi connectivity index (χ0) is 22.2. The third kappa shape index (κ3) is 5.51. The Labute approximate surface area is 190 Å². The standard InChI is InChI=1S/C28H30FN3/c1-2-3-18-32-26(19-30-28(32)24-14-8-5-9-15-24)22-31(20-23-12-6-4-7-13-23)21-25-16-10-11-17-27(25)29/h4-17,19H,2-3,18,20-22H2,1H3. The van der Waals surface area contributed by atoms with Crippen molar-refractivity contribution in [2.45, 2.75) is 45.9 Å². The van der Waals surface area contributed by atoms with Crippen LogP contribution in [0.3, 0.4) is 0 Å². The third-order valence-corrected chi connectivity index (χ3v) is 5.69. The Morgan fingerprint density at radius 1 is 0.812 bits per heavy atom. The third-order valence-electron chi connectivity index (χ3n) is 5.69. The molecule has 1 heterocycles. The van der Waals surface area contributed by atoms with Gasteiger partial charge in [-0.25, -0.2) is 9.37 Å². The molecule has 3 aromatic carbocycles. The second kappa shape index (κ2) is 10.9. The summed E-state index contributed by atoms with van der Waals surface area (Å²) in [4.78, 5) is 7.08. The molecule has 0 aliphatic rings. The molecule has 0 saturated carbocycles. The van der Waals surface area contributed by atoms with Crippen LogP contribution in [0.25, 0.3) is 11.4 Å². The van der Waals surface area contributed by atoms with Crippen molar-refractivity contribution in [3.8, 4) is 11.4 Å². The Morgan fingerprint density at radius 2 is 1.50 bits per heavy atom. The van der Waals surface area contributed by atoms with Crippen molar-refractivity contribution in [3.05, 3.63) is 114 Å². The molecule has 0 aliphatic carbocycles. The molecule has 0 atom stereocenters. The zero-order valence-corrected chi connectivity index (χ0v) is 18.6. The van der Waals surface area contributed by atoms with Crippen molar-refractivity contribution in [2.75, 3.05) is 0 Å². The van der Waals surface area contributed by atoms with Crippen molar-refractivity contribution in [3.63, 3.8) is 0 Å². The van der Waals surface area contributed by atoms with E-state index in [-0.39, 0.29) is 5.82 Å². The first-order valence-electron chi connectivity index (χ1n) is 11.3. The molecule has 0 unspecified atom stereocenters. The lowest BCUT2D eigenvalue weighted by Crippen LogP contribution is -2.24.